The van der Waals surface area contributed by atoms with Crippen LogP contribution in [0.15, 0.2) is 0 Å². The Kier molecular flexibility index (Phi) is 1.66. The fourth-order valence-electron chi connectivity index (χ4n) is 1.73. The van der Waals surface area contributed by atoms with Gasteiger partial charge in [-0.25, -0.2) is 0 Å². The monoisotopic (exact) mass is 140 g/mol. The normalized spacial score (nSPS) is 36.3. The van der Waals surface area contributed by atoms with Gasteiger partial charge in [-0.1, -0.05) is 0 Å². The maximum absolute atomic E-state index is 3.45. The van der Waals surface area contributed by atoms with Crippen molar-refractivity contribution in [1.82, 2.24) is 10.2 Å². The van der Waals surface area contributed by atoms with Gasteiger partial charge in [-0.2, -0.15) is 0 Å². The first-order valence-electron chi connectivity index (χ1n) is 4.33. The molecule has 0 bridgehead atoms. The van der Waals surface area contributed by atoms with E-state index in [-0.39, 0.29) is 0 Å². The second-order valence-electron chi connectivity index (χ2n) is 3.58. The van der Waals surface area contributed by atoms with Gasteiger partial charge >= 0.3 is 0 Å². The molecule has 1 saturated heterocycles. The molecule has 0 unspecified atom stereocenters. The minimum absolute atomic E-state index is 0.717. The molecule has 0 radical (unpaired) electrons. The van der Waals surface area contributed by atoms with Gasteiger partial charge in [-0.3, -0.25) is 4.90 Å². The third-order valence-corrected chi connectivity index (χ3v) is 2.46. The topological polar surface area (TPSA) is 15.3 Å². The van der Waals surface area contributed by atoms with Crippen LogP contribution in [-0.2, 0) is 0 Å². The molecular formula is C8H16N2. The van der Waals surface area contributed by atoms with Crippen molar-refractivity contribution in [2.75, 3.05) is 19.6 Å². The number of hydrogen-bond acceptors (Lipinski definition) is 2. The first kappa shape index (κ1) is 6.62. The predicted molar refractivity (Wildman–Crippen MR) is 42.1 cm³/mol. The van der Waals surface area contributed by atoms with Crippen LogP contribution in [0.2, 0.25) is 0 Å². The Morgan fingerprint density at radius 1 is 1.40 bits per heavy atom. The van der Waals surface area contributed by atoms with Crippen molar-refractivity contribution >= 4 is 0 Å². The van der Waals surface area contributed by atoms with Crippen LogP contribution in [0, 0.1) is 0 Å². The van der Waals surface area contributed by atoms with Gasteiger partial charge in [-0.15, -0.1) is 0 Å². The zero-order chi connectivity index (χ0) is 6.97. The summed E-state index contributed by atoms with van der Waals surface area (Å²) in [5.74, 6) is 0. The maximum atomic E-state index is 3.45. The molecule has 1 N–H and O–H groups in total. The fourth-order valence-corrected chi connectivity index (χ4v) is 1.73. The smallest absolute Gasteiger partial charge is 0.0167 e. The van der Waals surface area contributed by atoms with Gasteiger partial charge < -0.3 is 5.32 Å². The summed E-state index contributed by atoms with van der Waals surface area (Å²) in [5, 5.41) is 3.45. The summed E-state index contributed by atoms with van der Waals surface area (Å²) < 4.78 is 0. The second kappa shape index (κ2) is 2.51. The minimum Gasteiger partial charge on any atom is -0.312 e. The molecule has 2 fully saturated rings. The number of hydrogen-bond donors (Lipinski definition) is 1. The van der Waals surface area contributed by atoms with Crippen LogP contribution in [-0.4, -0.2) is 36.6 Å². The highest BCUT2D eigenvalue weighted by molar-refractivity contribution is 4.88. The van der Waals surface area contributed by atoms with Crippen molar-refractivity contribution in [3.63, 3.8) is 0 Å². The molecule has 0 aromatic heterocycles. The van der Waals surface area contributed by atoms with E-state index in [1.807, 2.05) is 0 Å². The van der Waals surface area contributed by atoms with Crippen molar-refractivity contribution in [1.29, 1.82) is 0 Å². The average Bonchev–Trinajstić information content (AvgIpc) is 2.68. The third-order valence-electron chi connectivity index (χ3n) is 2.46. The van der Waals surface area contributed by atoms with Gasteiger partial charge in [0, 0.05) is 31.7 Å². The summed E-state index contributed by atoms with van der Waals surface area (Å²) in [6, 6.07) is 1.68. The molecule has 1 saturated carbocycles. The largest absolute Gasteiger partial charge is 0.312 e. The lowest BCUT2D eigenvalue weighted by molar-refractivity contribution is 0.198. The van der Waals surface area contributed by atoms with Crippen LogP contribution < -0.4 is 5.32 Å². The van der Waals surface area contributed by atoms with Gasteiger partial charge in [0.05, 0.1) is 0 Å². The summed E-state index contributed by atoms with van der Waals surface area (Å²) in [7, 11) is 0. The van der Waals surface area contributed by atoms with E-state index in [4.69, 9.17) is 0 Å². The molecule has 1 atom stereocenters. The number of nitrogens with zero attached hydrogens (tertiary/aromatic N) is 1. The molecule has 2 heteroatoms. The second-order valence-corrected chi connectivity index (χ2v) is 3.58. The quantitative estimate of drug-likeness (QED) is 0.568. The highest BCUT2D eigenvalue weighted by Crippen LogP contribution is 2.27. The molecule has 0 amide bonds. The summed E-state index contributed by atoms with van der Waals surface area (Å²) in [6.45, 7) is 6.01. The van der Waals surface area contributed by atoms with E-state index in [1.165, 1.54) is 32.5 Å². The van der Waals surface area contributed by atoms with Gasteiger partial charge in [0.25, 0.3) is 0 Å². The average molecular weight is 140 g/mol. The summed E-state index contributed by atoms with van der Waals surface area (Å²) >= 11 is 0. The van der Waals surface area contributed by atoms with Crippen molar-refractivity contribution in [3.05, 3.63) is 0 Å². The predicted octanol–water partition coefficient (Wildman–Crippen LogP) is 0.442. The van der Waals surface area contributed by atoms with Crippen LogP contribution in [0.1, 0.15) is 19.8 Å². The fraction of sp³-hybridized carbons (Fsp3) is 1.00. The first-order chi connectivity index (χ1) is 4.86. The molecular weight excluding hydrogens is 124 g/mol. The number of piperazine rings is 1. The summed E-state index contributed by atoms with van der Waals surface area (Å²) in [5.41, 5.74) is 0. The number of rotatable bonds is 1. The Hall–Kier alpha value is -0.0800. The minimum atomic E-state index is 0.717. The van der Waals surface area contributed by atoms with Crippen LogP contribution in [0.4, 0.5) is 0 Å². The third kappa shape index (κ3) is 1.32. The highest BCUT2D eigenvalue weighted by Gasteiger charge is 2.30. The van der Waals surface area contributed by atoms with Crippen molar-refractivity contribution in [3.8, 4) is 0 Å². The van der Waals surface area contributed by atoms with E-state index in [1.54, 1.807) is 0 Å². The van der Waals surface area contributed by atoms with Gasteiger partial charge in [0.2, 0.25) is 0 Å². The van der Waals surface area contributed by atoms with E-state index >= 15 is 0 Å². The lowest BCUT2D eigenvalue weighted by Gasteiger charge is -2.31. The van der Waals surface area contributed by atoms with E-state index in [9.17, 15) is 0 Å². The Morgan fingerprint density at radius 2 is 2.20 bits per heavy atom. The summed E-state index contributed by atoms with van der Waals surface area (Å²) in [4.78, 5) is 2.63. The lowest BCUT2D eigenvalue weighted by Crippen LogP contribution is -2.49. The molecule has 2 aliphatic rings. The molecule has 1 aliphatic heterocycles. The Labute approximate surface area is 62.6 Å². The zero-order valence-corrected chi connectivity index (χ0v) is 6.64. The highest BCUT2D eigenvalue weighted by atomic mass is 15.2. The zero-order valence-electron chi connectivity index (χ0n) is 6.64. The van der Waals surface area contributed by atoms with E-state index < -0.39 is 0 Å². The van der Waals surface area contributed by atoms with Crippen LogP contribution in [0.25, 0.3) is 0 Å². The molecule has 10 heavy (non-hydrogen) atoms. The van der Waals surface area contributed by atoms with E-state index in [0.717, 1.165) is 6.04 Å². The molecule has 2 nitrogen and oxygen atoms in total. The van der Waals surface area contributed by atoms with Gasteiger partial charge in [0.15, 0.2) is 0 Å². The molecule has 2 rings (SSSR count). The van der Waals surface area contributed by atoms with Crippen molar-refractivity contribution in [2.45, 2.75) is 31.8 Å². The van der Waals surface area contributed by atoms with Crippen molar-refractivity contribution in [2.24, 2.45) is 0 Å². The van der Waals surface area contributed by atoms with E-state index in [0.29, 0.717) is 6.04 Å². The Bertz CT molecular complexity index is 120. The standard InChI is InChI=1S/C8H16N2/c1-7-6-10(5-4-9-7)8-2-3-8/h7-9H,2-6H2,1H3/t7-/m0/s1. The van der Waals surface area contributed by atoms with Crippen molar-refractivity contribution < 1.29 is 0 Å². The van der Waals surface area contributed by atoms with Crippen LogP contribution >= 0.6 is 0 Å². The SMILES string of the molecule is C[C@H]1CN(C2CC2)CCN1. The van der Waals surface area contributed by atoms with Crippen LogP contribution in [0.5, 0.6) is 0 Å². The maximum Gasteiger partial charge on any atom is 0.0167 e. The summed E-state index contributed by atoms with van der Waals surface area (Å²) in [6.07, 6.45) is 2.90. The Balaban J connectivity index is 1.84. The number of nitrogens with one attached hydrogen (secondary N) is 1. The van der Waals surface area contributed by atoms with Gasteiger partial charge in [-0.05, 0) is 19.8 Å². The lowest BCUT2D eigenvalue weighted by atomic mass is 10.2. The molecule has 0 aromatic carbocycles. The van der Waals surface area contributed by atoms with Gasteiger partial charge in [0.1, 0.15) is 0 Å². The molecule has 0 spiro atoms. The molecule has 58 valence electrons. The first-order valence-corrected chi connectivity index (χ1v) is 4.33. The Morgan fingerprint density at radius 3 is 2.80 bits per heavy atom. The molecule has 1 aliphatic carbocycles. The molecule has 1 heterocycles. The van der Waals surface area contributed by atoms with E-state index in [2.05, 4.69) is 17.1 Å². The van der Waals surface area contributed by atoms with Crippen LogP contribution in [0.3, 0.4) is 0 Å². The molecule has 0 aromatic rings.